The Morgan fingerprint density at radius 2 is 1.50 bits per heavy atom. The van der Waals surface area contributed by atoms with Crippen molar-refractivity contribution in [2.75, 3.05) is 5.32 Å². The molecule has 0 heterocycles. The number of halogens is 2. The maximum Gasteiger partial charge on any atom is 0.348 e. The third-order valence-corrected chi connectivity index (χ3v) is 2.50. The van der Waals surface area contributed by atoms with E-state index in [4.69, 9.17) is 34.7 Å². The van der Waals surface area contributed by atoms with Gasteiger partial charge in [0.1, 0.15) is 10.0 Å². The number of carbonyl (C=O) groups is 1. The maximum atomic E-state index is 11.2. The molecule has 0 radical (unpaired) electrons. The summed E-state index contributed by atoms with van der Waals surface area (Å²) in [5.74, 6) is -3.12. The Hall–Kier alpha value is -2.06. The minimum absolute atomic E-state index is 0.346. The fraction of sp³-hybridized carbons (Fsp3) is 0. The van der Waals surface area contributed by atoms with E-state index in [-0.39, 0.29) is 5.69 Å². The number of urea groups is 1. The van der Waals surface area contributed by atoms with Crippen molar-refractivity contribution in [3.63, 3.8) is 0 Å². The molecule has 0 aliphatic rings. The van der Waals surface area contributed by atoms with E-state index in [0.717, 1.165) is 0 Å². The van der Waals surface area contributed by atoms with Crippen LogP contribution in [0.1, 0.15) is 0 Å². The molecule has 10 heteroatoms. The number of carbonyl (C=O) groups excluding carboxylic acids is 1. The molecule has 1 aromatic carbocycles. The largest absolute Gasteiger partial charge is 0.503 e. The van der Waals surface area contributed by atoms with Crippen molar-refractivity contribution in [3.05, 3.63) is 10.0 Å². The fourth-order valence-corrected chi connectivity index (χ4v) is 1.53. The molecule has 0 fully saturated rings. The van der Waals surface area contributed by atoms with Gasteiger partial charge in [0, 0.05) is 0 Å². The summed E-state index contributed by atoms with van der Waals surface area (Å²) >= 11 is 11.3. The monoisotopic (exact) mass is 294 g/mol. The Bertz CT molecular complexity index is 513. The van der Waals surface area contributed by atoms with E-state index in [9.17, 15) is 20.1 Å². The molecule has 0 aliphatic carbocycles. The standard InChI is InChI=1S/C8H8Cl2N4O4/c9-1-3(13-8(18)14-7(11)12)2(10)5(16)6(17)4(1)15/h15-17H,(H5,11,12,13,14,18). The molecule has 98 valence electrons. The summed E-state index contributed by atoms with van der Waals surface area (Å²) in [6.07, 6.45) is 0. The molecule has 0 saturated heterocycles. The van der Waals surface area contributed by atoms with Crippen LogP contribution in [-0.2, 0) is 0 Å². The molecule has 2 amide bonds. The smallest absolute Gasteiger partial charge is 0.348 e. The number of rotatable bonds is 1. The van der Waals surface area contributed by atoms with Crippen LogP contribution in [0.15, 0.2) is 4.99 Å². The van der Waals surface area contributed by atoms with Crippen molar-refractivity contribution < 1.29 is 20.1 Å². The number of hydrogen-bond donors (Lipinski definition) is 6. The van der Waals surface area contributed by atoms with Crippen LogP contribution >= 0.6 is 23.2 Å². The predicted molar refractivity (Wildman–Crippen MR) is 66.3 cm³/mol. The number of nitrogens with one attached hydrogen (secondary N) is 1. The molecule has 18 heavy (non-hydrogen) atoms. The molecule has 0 bridgehead atoms. The number of guanidine groups is 1. The van der Waals surface area contributed by atoms with E-state index in [0.29, 0.717) is 0 Å². The highest BCUT2D eigenvalue weighted by Gasteiger charge is 2.22. The molecule has 1 rings (SSSR count). The summed E-state index contributed by atoms with van der Waals surface area (Å²) in [5, 5.41) is 29.0. The Morgan fingerprint density at radius 1 is 1.06 bits per heavy atom. The molecule has 0 unspecified atom stereocenters. The maximum absolute atomic E-state index is 11.2. The molecular weight excluding hydrogens is 287 g/mol. The molecule has 0 aliphatic heterocycles. The Morgan fingerprint density at radius 3 is 1.89 bits per heavy atom. The van der Waals surface area contributed by atoms with E-state index in [1.54, 1.807) is 0 Å². The highest BCUT2D eigenvalue weighted by molar-refractivity contribution is 6.42. The summed E-state index contributed by atoms with van der Waals surface area (Å²) in [6, 6.07) is -1.02. The Labute approximate surface area is 110 Å². The highest BCUT2D eigenvalue weighted by atomic mass is 35.5. The van der Waals surface area contributed by atoms with Gasteiger partial charge in [-0.25, -0.2) is 4.79 Å². The summed E-state index contributed by atoms with van der Waals surface area (Å²) < 4.78 is 0. The summed E-state index contributed by atoms with van der Waals surface area (Å²) in [5.41, 5.74) is 9.59. The molecule has 8 N–H and O–H groups in total. The van der Waals surface area contributed by atoms with Crippen molar-refractivity contribution in [1.82, 2.24) is 0 Å². The van der Waals surface area contributed by atoms with E-state index >= 15 is 0 Å². The van der Waals surface area contributed by atoms with E-state index in [1.807, 2.05) is 5.32 Å². The zero-order chi connectivity index (χ0) is 14.0. The molecule has 0 spiro atoms. The van der Waals surface area contributed by atoms with Crippen molar-refractivity contribution in [1.29, 1.82) is 0 Å². The zero-order valence-electron chi connectivity index (χ0n) is 8.61. The minimum atomic E-state index is -1.02. The first-order valence-corrected chi connectivity index (χ1v) is 5.03. The van der Waals surface area contributed by atoms with Crippen molar-refractivity contribution in [2.24, 2.45) is 16.5 Å². The van der Waals surface area contributed by atoms with Gasteiger partial charge in [0.2, 0.25) is 5.75 Å². The van der Waals surface area contributed by atoms with Crippen LogP contribution in [0.25, 0.3) is 0 Å². The van der Waals surface area contributed by atoms with Gasteiger partial charge in [-0.1, -0.05) is 23.2 Å². The second-order valence-electron chi connectivity index (χ2n) is 3.02. The number of anilines is 1. The van der Waals surface area contributed by atoms with Gasteiger partial charge in [0.25, 0.3) is 0 Å². The lowest BCUT2D eigenvalue weighted by atomic mass is 10.2. The lowest BCUT2D eigenvalue weighted by Gasteiger charge is -2.11. The molecule has 1 aromatic rings. The fourth-order valence-electron chi connectivity index (χ4n) is 1.02. The van der Waals surface area contributed by atoms with Crippen molar-refractivity contribution >= 4 is 40.9 Å². The average molecular weight is 295 g/mol. The van der Waals surface area contributed by atoms with Crippen LogP contribution in [0.4, 0.5) is 10.5 Å². The molecular formula is C8H8Cl2N4O4. The number of phenolic OH excluding ortho intramolecular Hbond substituents is 3. The highest BCUT2D eigenvalue weighted by Crippen LogP contribution is 2.50. The molecule has 8 nitrogen and oxygen atoms in total. The van der Waals surface area contributed by atoms with E-state index in [2.05, 4.69) is 4.99 Å². The number of aliphatic imine (C=N–C) groups is 1. The average Bonchev–Trinajstić information content (AvgIpc) is 2.29. The lowest BCUT2D eigenvalue weighted by molar-refractivity contribution is 0.259. The molecule has 0 saturated carbocycles. The molecule has 0 aromatic heterocycles. The Balaban J connectivity index is 3.26. The minimum Gasteiger partial charge on any atom is -0.503 e. The zero-order valence-corrected chi connectivity index (χ0v) is 10.1. The quantitative estimate of drug-likeness (QED) is 0.196. The number of aromatic hydroxyl groups is 3. The predicted octanol–water partition coefficient (Wildman–Crippen LogP) is 0.916. The van der Waals surface area contributed by atoms with Crippen LogP contribution in [0, 0.1) is 0 Å². The molecule has 0 atom stereocenters. The summed E-state index contributed by atoms with van der Waals surface area (Å²) in [4.78, 5) is 14.3. The van der Waals surface area contributed by atoms with Gasteiger partial charge < -0.3 is 32.1 Å². The van der Waals surface area contributed by atoms with Crippen LogP contribution < -0.4 is 16.8 Å². The third-order valence-electron chi connectivity index (χ3n) is 1.77. The number of benzene rings is 1. The van der Waals surface area contributed by atoms with Gasteiger partial charge in [-0.2, -0.15) is 4.99 Å². The summed E-state index contributed by atoms with van der Waals surface area (Å²) in [6.45, 7) is 0. The topological polar surface area (TPSA) is 154 Å². The van der Waals surface area contributed by atoms with Crippen LogP contribution in [-0.4, -0.2) is 27.3 Å². The van der Waals surface area contributed by atoms with Gasteiger partial charge in [-0.05, 0) is 0 Å². The van der Waals surface area contributed by atoms with Gasteiger partial charge in [-0.15, -0.1) is 0 Å². The van der Waals surface area contributed by atoms with Crippen LogP contribution in [0.2, 0.25) is 10.0 Å². The first-order chi connectivity index (χ1) is 8.25. The van der Waals surface area contributed by atoms with Gasteiger partial charge in [0.15, 0.2) is 17.5 Å². The normalized spacial score (nSPS) is 9.89. The SMILES string of the molecule is NC(N)=NC(=O)Nc1c(Cl)c(O)c(O)c(O)c1Cl. The van der Waals surface area contributed by atoms with Crippen LogP contribution in [0.3, 0.4) is 0 Å². The first kappa shape index (κ1) is 14.0. The van der Waals surface area contributed by atoms with E-state index in [1.165, 1.54) is 0 Å². The number of phenols is 3. The van der Waals surface area contributed by atoms with E-state index < -0.39 is 39.3 Å². The third kappa shape index (κ3) is 2.60. The number of nitrogens with zero attached hydrogens (tertiary/aromatic N) is 1. The second-order valence-corrected chi connectivity index (χ2v) is 3.77. The van der Waals surface area contributed by atoms with Crippen molar-refractivity contribution in [3.8, 4) is 17.2 Å². The summed E-state index contributed by atoms with van der Waals surface area (Å²) in [7, 11) is 0. The first-order valence-electron chi connectivity index (χ1n) is 4.28. The van der Waals surface area contributed by atoms with Gasteiger partial charge in [0.05, 0.1) is 5.69 Å². The van der Waals surface area contributed by atoms with Crippen LogP contribution in [0.5, 0.6) is 17.2 Å². The lowest BCUT2D eigenvalue weighted by Crippen LogP contribution is -2.25. The Kier molecular flexibility index (Phi) is 3.94. The number of nitrogens with two attached hydrogens (primary N) is 2. The van der Waals surface area contributed by atoms with Gasteiger partial charge in [-0.3, -0.25) is 0 Å². The number of hydrogen-bond acceptors (Lipinski definition) is 4. The van der Waals surface area contributed by atoms with Gasteiger partial charge >= 0.3 is 6.03 Å². The van der Waals surface area contributed by atoms with Crippen molar-refractivity contribution in [2.45, 2.75) is 0 Å². The number of amides is 2. The second kappa shape index (κ2) is 5.07.